The predicted molar refractivity (Wildman–Crippen MR) is 61.0 cm³/mol. The quantitative estimate of drug-likeness (QED) is 0.765. The Morgan fingerprint density at radius 3 is 2.25 bits per heavy atom. The van der Waals surface area contributed by atoms with E-state index in [-0.39, 0.29) is 0 Å². The maximum absolute atomic E-state index is 8.87. The molecule has 0 saturated heterocycles. The summed E-state index contributed by atoms with van der Waals surface area (Å²) >= 11 is 0. The standard InChI is InChI=1S/C13H9N3/c14-8-10-5-11(9-15)7-12(6-10)13-3-1-2-4-16-13/h1-3,5-7,16H,4H2. The summed E-state index contributed by atoms with van der Waals surface area (Å²) in [5.41, 5.74) is 2.83. The highest BCUT2D eigenvalue weighted by Crippen LogP contribution is 2.17. The van der Waals surface area contributed by atoms with E-state index in [2.05, 4.69) is 17.5 Å². The molecule has 2 rings (SSSR count). The molecule has 16 heavy (non-hydrogen) atoms. The number of allylic oxidation sites excluding steroid dienone is 2. The highest BCUT2D eigenvalue weighted by molar-refractivity contribution is 5.69. The number of hydrogen-bond donors (Lipinski definition) is 1. The van der Waals surface area contributed by atoms with Gasteiger partial charge < -0.3 is 5.32 Å². The van der Waals surface area contributed by atoms with Gasteiger partial charge in [0.1, 0.15) is 0 Å². The van der Waals surface area contributed by atoms with E-state index in [1.165, 1.54) is 0 Å². The predicted octanol–water partition coefficient (Wildman–Crippen LogP) is 1.93. The molecule has 0 amide bonds. The van der Waals surface area contributed by atoms with Gasteiger partial charge in [-0.3, -0.25) is 0 Å². The van der Waals surface area contributed by atoms with Crippen LogP contribution in [0.15, 0.2) is 36.4 Å². The molecular formula is C13H9N3. The lowest BCUT2D eigenvalue weighted by atomic mass is 10.0. The van der Waals surface area contributed by atoms with Crippen LogP contribution in [0.1, 0.15) is 16.7 Å². The van der Waals surface area contributed by atoms with Gasteiger partial charge in [0.15, 0.2) is 0 Å². The van der Waals surface area contributed by atoms with Crippen molar-refractivity contribution in [3.8, 4) is 12.1 Å². The van der Waals surface area contributed by atoms with Crippen LogP contribution >= 0.6 is 0 Å². The molecule has 1 aliphatic rings. The van der Waals surface area contributed by atoms with E-state index < -0.39 is 0 Å². The fourth-order valence-corrected chi connectivity index (χ4v) is 1.57. The van der Waals surface area contributed by atoms with Crippen molar-refractivity contribution in [3.05, 3.63) is 53.1 Å². The van der Waals surface area contributed by atoms with Gasteiger partial charge >= 0.3 is 0 Å². The third kappa shape index (κ3) is 1.94. The zero-order valence-electron chi connectivity index (χ0n) is 8.57. The second kappa shape index (κ2) is 4.33. The molecule has 1 aromatic rings. The lowest BCUT2D eigenvalue weighted by Gasteiger charge is -2.12. The molecule has 0 aromatic heterocycles. The summed E-state index contributed by atoms with van der Waals surface area (Å²) in [6.45, 7) is 0.768. The molecule has 76 valence electrons. The second-order valence-electron chi connectivity index (χ2n) is 3.41. The molecule has 0 unspecified atom stereocenters. The van der Waals surface area contributed by atoms with Gasteiger partial charge in [0.25, 0.3) is 0 Å². The molecule has 0 fully saturated rings. The lowest BCUT2D eigenvalue weighted by molar-refractivity contribution is 0.995. The average Bonchev–Trinajstić information content (AvgIpc) is 2.39. The van der Waals surface area contributed by atoms with E-state index >= 15 is 0 Å². The van der Waals surface area contributed by atoms with Gasteiger partial charge in [0.2, 0.25) is 0 Å². The van der Waals surface area contributed by atoms with Crippen molar-refractivity contribution >= 4 is 5.70 Å². The van der Waals surface area contributed by atoms with E-state index in [0.717, 1.165) is 17.8 Å². The van der Waals surface area contributed by atoms with Crippen LogP contribution in [0.3, 0.4) is 0 Å². The average molecular weight is 207 g/mol. The van der Waals surface area contributed by atoms with Gasteiger partial charge in [0, 0.05) is 17.8 Å². The Morgan fingerprint density at radius 2 is 1.75 bits per heavy atom. The largest absolute Gasteiger partial charge is 0.381 e. The van der Waals surface area contributed by atoms with Crippen LogP contribution < -0.4 is 5.32 Å². The highest BCUT2D eigenvalue weighted by Gasteiger charge is 2.05. The molecule has 3 nitrogen and oxygen atoms in total. The number of nitrogens with one attached hydrogen (secondary N) is 1. The Morgan fingerprint density at radius 1 is 1.06 bits per heavy atom. The summed E-state index contributed by atoms with van der Waals surface area (Å²) < 4.78 is 0. The summed E-state index contributed by atoms with van der Waals surface area (Å²) in [7, 11) is 0. The minimum atomic E-state index is 0.506. The molecule has 0 spiro atoms. The topological polar surface area (TPSA) is 59.6 Å². The van der Waals surface area contributed by atoms with E-state index in [1.54, 1.807) is 18.2 Å². The fourth-order valence-electron chi connectivity index (χ4n) is 1.57. The minimum absolute atomic E-state index is 0.506. The van der Waals surface area contributed by atoms with Crippen LogP contribution in [-0.4, -0.2) is 6.54 Å². The van der Waals surface area contributed by atoms with Crippen molar-refractivity contribution in [2.75, 3.05) is 6.54 Å². The first kappa shape index (κ1) is 10.0. The second-order valence-corrected chi connectivity index (χ2v) is 3.41. The number of nitrogens with zero attached hydrogens (tertiary/aromatic N) is 2. The molecule has 0 radical (unpaired) electrons. The van der Waals surface area contributed by atoms with Crippen molar-refractivity contribution in [1.29, 1.82) is 10.5 Å². The highest BCUT2D eigenvalue weighted by atomic mass is 14.9. The zero-order chi connectivity index (χ0) is 11.4. The summed E-state index contributed by atoms with van der Waals surface area (Å²) in [5.74, 6) is 0. The molecule has 3 heteroatoms. The van der Waals surface area contributed by atoms with Crippen molar-refractivity contribution in [2.24, 2.45) is 0 Å². The minimum Gasteiger partial charge on any atom is -0.381 e. The van der Waals surface area contributed by atoms with Crippen LogP contribution in [0.4, 0.5) is 0 Å². The van der Waals surface area contributed by atoms with Crippen molar-refractivity contribution in [2.45, 2.75) is 0 Å². The van der Waals surface area contributed by atoms with Gasteiger partial charge in [-0.15, -0.1) is 0 Å². The van der Waals surface area contributed by atoms with Gasteiger partial charge in [-0.25, -0.2) is 0 Å². The SMILES string of the molecule is N#Cc1cc(C#N)cc(C2=CC=CCN2)c1. The Hall–Kier alpha value is -2.52. The Balaban J connectivity index is 2.49. The first-order valence-corrected chi connectivity index (χ1v) is 4.90. The zero-order valence-corrected chi connectivity index (χ0v) is 8.57. The van der Waals surface area contributed by atoms with E-state index in [0.29, 0.717) is 11.1 Å². The van der Waals surface area contributed by atoms with Gasteiger partial charge in [0.05, 0.1) is 23.3 Å². The summed E-state index contributed by atoms with van der Waals surface area (Å²) in [6.07, 6.45) is 5.89. The summed E-state index contributed by atoms with van der Waals surface area (Å²) in [4.78, 5) is 0. The fraction of sp³-hybridized carbons (Fsp3) is 0.0769. The first-order chi connectivity index (χ1) is 7.83. The van der Waals surface area contributed by atoms with E-state index in [4.69, 9.17) is 10.5 Å². The van der Waals surface area contributed by atoms with Crippen molar-refractivity contribution in [1.82, 2.24) is 5.32 Å². The van der Waals surface area contributed by atoms with E-state index in [9.17, 15) is 0 Å². The van der Waals surface area contributed by atoms with Crippen LogP contribution in [0.2, 0.25) is 0 Å². The molecule has 0 bridgehead atoms. The van der Waals surface area contributed by atoms with Crippen molar-refractivity contribution < 1.29 is 0 Å². The van der Waals surface area contributed by atoms with Crippen LogP contribution in [0.25, 0.3) is 5.70 Å². The smallest absolute Gasteiger partial charge is 0.0992 e. The Kier molecular flexibility index (Phi) is 2.71. The van der Waals surface area contributed by atoms with Crippen LogP contribution in [-0.2, 0) is 0 Å². The van der Waals surface area contributed by atoms with Gasteiger partial charge in [-0.05, 0) is 24.3 Å². The molecular weight excluding hydrogens is 198 g/mol. The normalized spacial score (nSPS) is 13.2. The molecule has 0 aliphatic carbocycles. The summed E-state index contributed by atoms with van der Waals surface area (Å²) in [5, 5.41) is 20.9. The van der Waals surface area contributed by atoms with Crippen LogP contribution in [0, 0.1) is 22.7 Å². The monoisotopic (exact) mass is 207 g/mol. The Bertz CT molecular complexity index is 521. The maximum atomic E-state index is 8.87. The number of hydrogen-bond acceptors (Lipinski definition) is 3. The van der Waals surface area contributed by atoms with Gasteiger partial charge in [-0.2, -0.15) is 10.5 Å². The molecule has 0 atom stereocenters. The third-order valence-corrected chi connectivity index (χ3v) is 2.31. The molecule has 1 aromatic carbocycles. The maximum Gasteiger partial charge on any atom is 0.0992 e. The summed E-state index contributed by atoms with van der Waals surface area (Å²) in [6, 6.07) is 9.25. The number of rotatable bonds is 1. The van der Waals surface area contributed by atoms with Crippen molar-refractivity contribution in [3.63, 3.8) is 0 Å². The molecule has 1 heterocycles. The Labute approximate surface area is 93.9 Å². The number of dihydropyridines is 1. The first-order valence-electron chi connectivity index (χ1n) is 4.90. The van der Waals surface area contributed by atoms with Gasteiger partial charge in [-0.1, -0.05) is 12.2 Å². The van der Waals surface area contributed by atoms with Crippen LogP contribution in [0.5, 0.6) is 0 Å². The lowest BCUT2D eigenvalue weighted by Crippen LogP contribution is -2.14. The number of nitriles is 2. The molecule has 1 N–H and O–H groups in total. The van der Waals surface area contributed by atoms with E-state index in [1.807, 2.05) is 18.2 Å². The molecule has 0 saturated carbocycles. The third-order valence-electron chi connectivity index (χ3n) is 2.31. The number of benzene rings is 1. The molecule has 1 aliphatic heterocycles.